The van der Waals surface area contributed by atoms with Crippen LogP contribution in [-0.2, 0) is 23.9 Å². The van der Waals surface area contributed by atoms with E-state index in [9.17, 15) is 14.4 Å². The summed E-state index contributed by atoms with van der Waals surface area (Å²) in [6, 6.07) is 7.19. The first kappa shape index (κ1) is 26.3. The van der Waals surface area contributed by atoms with E-state index in [0.717, 1.165) is 11.6 Å². The van der Waals surface area contributed by atoms with Gasteiger partial charge in [0.1, 0.15) is 25.7 Å². The van der Waals surface area contributed by atoms with Crippen LogP contribution in [0.3, 0.4) is 0 Å². The second-order valence-corrected chi connectivity index (χ2v) is 14.2. The molecular weight excluding hydrogens is 480 g/mol. The molecule has 34 heavy (non-hydrogen) atoms. The third-order valence-corrected chi connectivity index (χ3v) is 7.28. The number of rotatable bonds is 11. The number of hydrogen-bond acceptors (Lipinski definition) is 7. The molecule has 1 fully saturated rings. The first-order valence-corrected chi connectivity index (χ1v) is 14.6. The van der Waals surface area contributed by atoms with Crippen LogP contribution in [0, 0.1) is 5.92 Å². The summed E-state index contributed by atoms with van der Waals surface area (Å²) in [5.74, 6) is 1.18. The average molecular weight is 513 g/mol. The monoisotopic (exact) mass is 512 g/mol. The fourth-order valence-electron chi connectivity index (χ4n) is 3.79. The molecule has 0 aromatic heterocycles. The van der Waals surface area contributed by atoms with Crippen LogP contribution in [0.15, 0.2) is 29.4 Å². The molecule has 11 heteroatoms. The van der Waals surface area contributed by atoms with Gasteiger partial charge >= 0.3 is 0 Å². The highest BCUT2D eigenvalue weighted by molar-refractivity contribution is 8.32. The van der Waals surface area contributed by atoms with Crippen LogP contribution in [0.1, 0.15) is 12.8 Å². The van der Waals surface area contributed by atoms with Crippen LogP contribution in [0.2, 0.25) is 5.02 Å². The van der Waals surface area contributed by atoms with E-state index in [0.29, 0.717) is 43.2 Å². The van der Waals surface area contributed by atoms with Crippen molar-refractivity contribution in [3.63, 3.8) is 0 Å². The van der Waals surface area contributed by atoms with Crippen molar-refractivity contribution in [2.24, 2.45) is 11.0 Å². The van der Waals surface area contributed by atoms with E-state index in [-0.39, 0.29) is 44.2 Å². The lowest BCUT2D eigenvalue weighted by Crippen LogP contribution is -2.54. The van der Waals surface area contributed by atoms with Gasteiger partial charge in [-0.2, -0.15) is 5.10 Å². The van der Waals surface area contributed by atoms with E-state index in [1.54, 1.807) is 17.0 Å². The zero-order valence-electron chi connectivity index (χ0n) is 19.9. The highest BCUT2D eigenvalue weighted by Crippen LogP contribution is 2.33. The van der Waals surface area contributed by atoms with Crippen LogP contribution < -0.4 is 4.90 Å². The lowest BCUT2D eigenvalue weighted by molar-refractivity contribution is -0.137. The molecule has 1 aromatic carbocycles. The van der Waals surface area contributed by atoms with Gasteiger partial charge in [0.15, 0.2) is 0 Å². The molecule has 2 aliphatic rings. The van der Waals surface area contributed by atoms with E-state index >= 15 is 0 Å². The standard InChI is InChI=1S/C23H33ClN4O5S/c1-34(2,3)12-11-32-16-27(20-6-4-5-19(24)13-20)23(31)18-7-8-21-25-28(9-10-33-17-29)22(30)15-26(21)14-18/h4-6,13,17-18H,7-12,14-16H2,1-3H3. The maximum Gasteiger partial charge on any atom is 0.293 e. The number of anilines is 1. The number of benzene rings is 1. The highest BCUT2D eigenvalue weighted by atomic mass is 35.5. The van der Waals surface area contributed by atoms with Gasteiger partial charge in [-0.3, -0.25) is 19.3 Å². The van der Waals surface area contributed by atoms with Crippen molar-refractivity contribution in [1.82, 2.24) is 9.91 Å². The van der Waals surface area contributed by atoms with Crippen LogP contribution >= 0.6 is 21.6 Å². The largest absolute Gasteiger partial charge is 0.466 e. The number of hydrazone groups is 1. The highest BCUT2D eigenvalue weighted by Gasteiger charge is 2.36. The fraction of sp³-hybridized carbons (Fsp3) is 0.565. The fourth-order valence-corrected chi connectivity index (χ4v) is 4.59. The third-order valence-electron chi connectivity index (χ3n) is 5.66. The molecule has 0 N–H and O–H groups in total. The summed E-state index contributed by atoms with van der Waals surface area (Å²) >= 11 is 6.20. The summed E-state index contributed by atoms with van der Waals surface area (Å²) < 4.78 is 10.6. The zero-order valence-corrected chi connectivity index (χ0v) is 21.5. The molecule has 9 nitrogen and oxygen atoms in total. The molecule has 0 spiro atoms. The molecule has 1 atom stereocenters. The van der Waals surface area contributed by atoms with Crippen molar-refractivity contribution < 1.29 is 23.9 Å². The molecule has 2 heterocycles. The summed E-state index contributed by atoms with van der Waals surface area (Å²) in [7, 11) is -0.695. The molecule has 1 unspecified atom stereocenters. The number of nitrogens with zero attached hydrogens (tertiary/aromatic N) is 4. The van der Waals surface area contributed by atoms with E-state index in [2.05, 4.69) is 28.6 Å². The number of carbonyl (C=O) groups is 3. The summed E-state index contributed by atoms with van der Waals surface area (Å²) in [4.78, 5) is 39.9. The average Bonchev–Trinajstić information content (AvgIpc) is 2.78. The van der Waals surface area contributed by atoms with Gasteiger partial charge in [0.25, 0.3) is 12.4 Å². The lowest BCUT2D eigenvalue weighted by atomic mass is 9.95. The van der Waals surface area contributed by atoms with E-state index in [4.69, 9.17) is 16.3 Å². The molecular formula is C23H33ClN4O5S. The first-order valence-electron chi connectivity index (χ1n) is 11.2. The first-order chi connectivity index (χ1) is 16.2. The SMILES string of the molecule is CS(C)(C)CCOCN(C(=O)C1CCC2=NN(CCOC=O)C(=O)CN2C1)c1cccc(Cl)c1. The Morgan fingerprint density at radius 2 is 2.12 bits per heavy atom. The lowest BCUT2D eigenvalue weighted by Gasteiger charge is -2.40. The van der Waals surface area contributed by atoms with Gasteiger partial charge in [-0.15, -0.1) is 0 Å². The van der Waals surface area contributed by atoms with Crippen LogP contribution in [0.25, 0.3) is 0 Å². The Balaban J connectivity index is 1.68. The topological polar surface area (TPSA) is 91.7 Å². The predicted molar refractivity (Wildman–Crippen MR) is 135 cm³/mol. The van der Waals surface area contributed by atoms with Gasteiger partial charge < -0.3 is 14.4 Å². The van der Waals surface area contributed by atoms with E-state index in [1.807, 2.05) is 17.0 Å². The number of hydrogen-bond donors (Lipinski definition) is 0. The minimum atomic E-state index is -0.695. The molecule has 1 saturated heterocycles. The zero-order chi connectivity index (χ0) is 24.7. The third kappa shape index (κ3) is 7.35. The van der Waals surface area contributed by atoms with Gasteiger partial charge in [0.2, 0.25) is 5.91 Å². The van der Waals surface area contributed by atoms with Crippen molar-refractivity contribution in [3.8, 4) is 0 Å². The summed E-state index contributed by atoms with van der Waals surface area (Å²) in [6.45, 7) is 1.94. The van der Waals surface area contributed by atoms with Crippen molar-refractivity contribution in [2.75, 3.05) is 69.0 Å². The number of amidine groups is 1. The van der Waals surface area contributed by atoms with Crippen LogP contribution in [0.4, 0.5) is 5.69 Å². The number of amides is 2. The smallest absolute Gasteiger partial charge is 0.293 e. The number of piperidine rings is 1. The normalized spacial score (nSPS) is 18.8. The Labute approximate surface area is 207 Å². The van der Waals surface area contributed by atoms with E-state index < -0.39 is 10.0 Å². The molecule has 3 rings (SSSR count). The summed E-state index contributed by atoms with van der Waals surface area (Å²) in [5, 5.41) is 6.30. The van der Waals surface area contributed by atoms with Gasteiger partial charge in [0, 0.05) is 29.4 Å². The molecule has 0 saturated carbocycles. The maximum atomic E-state index is 13.6. The second-order valence-electron chi connectivity index (χ2n) is 9.19. The Kier molecular flexibility index (Phi) is 9.21. The van der Waals surface area contributed by atoms with Crippen molar-refractivity contribution in [2.45, 2.75) is 12.8 Å². The maximum absolute atomic E-state index is 13.6. The second kappa shape index (κ2) is 11.9. The van der Waals surface area contributed by atoms with E-state index in [1.165, 1.54) is 5.01 Å². The Morgan fingerprint density at radius 3 is 2.82 bits per heavy atom. The Hall–Kier alpha value is -2.30. The number of carbonyl (C=O) groups excluding carboxylic acids is 3. The minimum absolute atomic E-state index is 0.0568. The van der Waals surface area contributed by atoms with Crippen LogP contribution in [0.5, 0.6) is 0 Å². The molecule has 2 amide bonds. The minimum Gasteiger partial charge on any atom is -0.466 e. The van der Waals surface area contributed by atoms with Crippen molar-refractivity contribution in [3.05, 3.63) is 29.3 Å². The van der Waals surface area contributed by atoms with Gasteiger partial charge in [0.05, 0.1) is 19.1 Å². The molecule has 2 aliphatic heterocycles. The van der Waals surface area contributed by atoms with Crippen molar-refractivity contribution in [1.29, 1.82) is 0 Å². The quantitative estimate of drug-likeness (QED) is 0.257. The summed E-state index contributed by atoms with van der Waals surface area (Å²) in [5.41, 5.74) is 0.691. The predicted octanol–water partition coefficient (Wildman–Crippen LogP) is 2.38. The number of fused-ring (bicyclic) bond motifs is 1. The Morgan fingerprint density at radius 1 is 1.32 bits per heavy atom. The molecule has 0 bridgehead atoms. The molecule has 0 aliphatic carbocycles. The van der Waals surface area contributed by atoms with Crippen LogP contribution in [-0.4, -0.2) is 98.1 Å². The van der Waals surface area contributed by atoms with Gasteiger partial charge in [-0.1, -0.05) is 17.7 Å². The molecule has 1 aromatic rings. The van der Waals surface area contributed by atoms with Crippen molar-refractivity contribution >= 4 is 51.4 Å². The number of ether oxygens (including phenoxy) is 2. The Bertz CT molecular complexity index is 923. The van der Waals surface area contributed by atoms with Gasteiger partial charge in [-0.05, 0) is 43.4 Å². The molecule has 0 radical (unpaired) electrons. The number of halogens is 1. The summed E-state index contributed by atoms with van der Waals surface area (Å²) in [6.07, 6.45) is 7.88. The van der Waals surface area contributed by atoms with Gasteiger partial charge in [-0.25, -0.2) is 15.0 Å². The molecule has 188 valence electrons.